The molecule has 2 aromatic carbocycles. The van der Waals surface area contributed by atoms with Gasteiger partial charge in [0.1, 0.15) is 23.0 Å². The van der Waals surface area contributed by atoms with Gasteiger partial charge in [0.2, 0.25) is 0 Å². The van der Waals surface area contributed by atoms with E-state index in [4.69, 9.17) is 0 Å². The Morgan fingerprint density at radius 2 is 1.05 bits per heavy atom. The summed E-state index contributed by atoms with van der Waals surface area (Å²) in [4.78, 5) is 0. The van der Waals surface area contributed by atoms with E-state index in [-0.39, 0.29) is 23.0 Å². The summed E-state index contributed by atoms with van der Waals surface area (Å²) >= 11 is 0. The monoisotopic (exact) mass is 260 g/mol. The van der Waals surface area contributed by atoms with Gasteiger partial charge in [-0.2, -0.15) is 0 Å². The Bertz CT molecular complexity index is 527. The van der Waals surface area contributed by atoms with Crippen molar-refractivity contribution >= 4 is 0 Å². The number of rotatable bonds is 4. The smallest absolute Gasteiger partial charge is 0.119 e. The molecule has 0 bridgehead atoms. The number of benzene rings is 2. The van der Waals surface area contributed by atoms with Crippen LogP contribution in [-0.4, -0.2) is 20.4 Å². The number of hydrogen-bond donors (Lipinski definition) is 4. The van der Waals surface area contributed by atoms with E-state index in [0.717, 1.165) is 0 Å². The van der Waals surface area contributed by atoms with Gasteiger partial charge >= 0.3 is 0 Å². The molecule has 4 N–H and O–H groups in total. The lowest BCUT2D eigenvalue weighted by atomic mass is 10.0. The molecule has 0 unspecified atom stereocenters. The number of aryl methyl sites for hydroxylation is 2. The molecule has 0 spiro atoms. The van der Waals surface area contributed by atoms with Gasteiger partial charge < -0.3 is 20.4 Å². The maximum absolute atomic E-state index is 9.63. The molecule has 0 amide bonds. The van der Waals surface area contributed by atoms with Crippen LogP contribution in [0.4, 0.5) is 0 Å². The molecule has 0 aliphatic heterocycles. The van der Waals surface area contributed by atoms with E-state index in [1.807, 2.05) is 0 Å². The van der Waals surface area contributed by atoms with Gasteiger partial charge in [0.25, 0.3) is 0 Å². The zero-order chi connectivity index (χ0) is 13.8. The summed E-state index contributed by atoms with van der Waals surface area (Å²) in [6.07, 6.45) is 1.85. The SMILES string of the molecule is Oc1ccc(O)c(CCCc2cc(O)ccc2O)c1. The van der Waals surface area contributed by atoms with Gasteiger partial charge in [0.15, 0.2) is 0 Å². The molecule has 19 heavy (non-hydrogen) atoms. The second-order valence-electron chi connectivity index (χ2n) is 4.48. The highest BCUT2D eigenvalue weighted by Gasteiger charge is 2.05. The van der Waals surface area contributed by atoms with Gasteiger partial charge in [-0.3, -0.25) is 0 Å². The normalized spacial score (nSPS) is 10.5. The quantitative estimate of drug-likeness (QED) is 0.637. The van der Waals surface area contributed by atoms with E-state index < -0.39 is 0 Å². The average molecular weight is 260 g/mol. The average Bonchev–Trinajstić information content (AvgIpc) is 2.38. The number of aromatic hydroxyl groups is 4. The van der Waals surface area contributed by atoms with Crippen LogP contribution < -0.4 is 0 Å². The molecule has 0 saturated heterocycles. The lowest BCUT2D eigenvalue weighted by Gasteiger charge is -2.07. The minimum Gasteiger partial charge on any atom is -0.508 e. The van der Waals surface area contributed by atoms with Crippen molar-refractivity contribution in [2.75, 3.05) is 0 Å². The van der Waals surface area contributed by atoms with Crippen LogP contribution in [0.5, 0.6) is 23.0 Å². The molecular weight excluding hydrogens is 244 g/mol. The third-order valence-corrected chi connectivity index (χ3v) is 3.02. The van der Waals surface area contributed by atoms with Crippen LogP contribution in [0.2, 0.25) is 0 Å². The van der Waals surface area contributed by atoms with Crippen LogP contribution in [0.1, 0.15) is 17.5 Å². The molecule has 0 aliphatic carbocycles. The van der Waals surface area contributed by atoms with Crippen LogP contribution in [0.15, 0.2) is 36.4 Å². The standard InChI is InChI=1S/C15H16O4/c16-12-4-6-14(18)10(8-12)2-1-3-11-9-13(17)5-7-15(11)19/h4-9,16-19H,1-3H2. The van der Waals surface area contributed by atoms with Crippen LogP contribution in [0, 0.1) is 0 Å². The molecule has 4 heteroatoms. The third kappa shape index (κ3) is 3.31. The summed E-state index contributed by atoms with van der Waals surface area (Å²) < 4.78 is 0. The topological polar surface area (TPSA) is 80.9 Å². The Hall–Kier alpha value is -2.36. The Labute approximate surface area is 111 Å². The predicted molar refractivity (Wildman–Crippen MR) is 71.6 cm³/mol. The van der Waals surface area contributed by atoms with E-state index in [9.17, 15) is 20.4 Å². The van der Waals surface area contributed by atoms with Gasteiger partial charge in [0.05, 0.1) is 0 Å². The van der Waals surface area contributed by atoms with Gasteiger partial charge in [-0.1, -0.05) is 0 Å². The second kappa shape index (κ2) is 5.52. The lowest BCUT2D eigenvalue weighted by molar-refractivity contribution is 0.450. The first kappa shape index (κ1) is 13.1. The number of hydrogen-bond acceptors (Lipinski definition) is 4. The summed E-state index contributed by atoms with van der Waals surface area (Å²) in [5.74, 6) is 0.539. The van der Waals surface area contributed by atoms with Gasteiger partial charge in [0, 0.05) is 0 Å². The summed E-state index contributed by atoms with van der Waals surface area (Å²) in [5.41, 5.74) is 1.33. The minimum atomic E-state index is 0.119. The van der Waals surface area contributed by atoms with Gasteiger partial charge in [-0.15, -0.1) is 0 Å². The second-order valence-corrected chi connectivity index (χ2v) is 4.48. The fourth-order valence-electron chi connectivity index (χ4n) is 2.01. The first-order valence-electron chi connectivity index (χ1n) is 6.08. The van der Waals surface area contributed by atoms with E-state index in [1.165, 1.54) is 36.4 Å². The molecule has 0 heterocycles. The number of phenolic OH excluding ortho intramolecular Hbond substituents is 4. The van der Waals surface area contributed by atoms with Gasteiger partial charge in [-0.25, -0.2) is 0 Å². The van der Waals surface area contributed by atoms with Crippen molar-refractivity contribution in [1.29, 1.82) is 0 Å². The highest BCUT2D eigenvalue weighted by atomic mass is 16.3. The van der Waals surface area contributed by atoms with E-state index in [2.05, 4.69) is 0 Å². The highest BCUT2D eigenvalue weighted by Crippen LogP contribution is 2.26. The van der Waals surface area contributed by atoms with Gasteiger partial charge in [-0.05, 0) is 66.8 Å². The van der Waals surface area contributed by atoms with Crippen LogP contribution in [0.25, 0.3) is 0 Å². The molecule has 100 valence electrons. The van der Waals surface area contributed by atoms with Crippen molar-refractivity contribution in [2.45, 2.75) is 19.3 Å². The molecular formula is C15H16O4. The zero-order valence-corrected chi connectivity index (χ0v) is 10.4. The Morgan fingerprint density at radius 3 is 1.47 bits per heavy atom. The van der Waals surface area contributed by atoms with Crippen molar-refractivity contribution < 1.29 is 20.4 Å². The predicted octanol–water partition coefficient (Wildman–Crippen LogP) is 2.68. The third-order valence-electron chi connectivity index (χ3n) is 3.02. The molecule has 0 radical (unpaired) electrons. The van der Waals surface area contributed by atoms with E-state index >= 15 is 0 Å². The molecule has 0 aromatic heterocycles. The van der Waals surface area contributed by atoms with E-state index in [0.29, 0.717) is 30.4 Å². The Kier molecular flexibility index (Phi) is 3.80. The first-order valence-corrected chi connectivity index (χ1v) is 6.08. The molecule has 2 rings (SSSR count). The number of phenols is 4. The first-order chi connectivity index (χ1) is 9.06. The molecule has 0 saturated carbocycles. The van der Waals surface area contributed by atoms with Crippen molar-refractivity contribution in [2.24, 2.45) is 0 Å². The maximum atomic E-state index is 9.63. The van der Waals surface area contributed by atoms with Crippen molar-refractivity contribution in [3.63, 3.8) is 0 Å². The lowest BCUT2D eigenvalue weighted by Crippen LogP contribution is -1.91. The maximum Gasteiger partial charge on any atom is 0.119 e. The molecule has 0 aliphatic rings. The molecule has 0 atom stereocenters. The van der Waals surface area contributed by atoms with Crippen molar-refractivity contribution in [3.05, 3.63) is 47.5 Å². The summed E-state index contributed by atoms with van der Waals surface area (Å²) in [6, 6.07) is 8.82. The summed E-state index contributed by atoms with van der Waals surface area (Å²) in [5, 5.41) is 38.0. The minimum absolute atomic E-state index is 0.119. The molecule has 4 nitrogen and oxygen atoms in total. The van der Waals surface area contributed by atoms with Crippen LogP contribution in [0.3, 0.4) is 0 Å². The molecule has 0 fully saturated rings. The summed E-state index contributed by atoms with van der Waals surface area (Å²) in [7, 11) is 0. The fraction of sp³-hybridized carbons (Fsp3) is 0.200. The fourth-order valence-corrected chi connectivity index (χ4v) is 2.01. The summed E-state index contributed by atoms with van der Waals surface area (Å²) in [6.45, 7) is 0. The van der Waals surface area contributed by atoms with Crippen LogP contribution >= 0.6 is 0 Å². The van der Waals surface area contributed by atoms with Crippen molar-refractivity contribution in [3.8, 4) is 23.0 Å². The molecule has 2 aromatic rings. The zero-order valence-electron chi connectivity index (χ0n) is 10.4. The van der Waals surface area contributed by atoms with Crippen molar-refractivity contribution in [1.82, 2.24) is 0 Å². The Morgan fingerprint density at radius 1 is 0.632 bits per heavy atom. The van der Waals surface area contributed by atoms with Crippen LogP contribution in [-0.2, 0) is 12.8 Å². The highest BCUT2D eigenvalue weighted by molar-refractivity contribution is 5.40. The Balaban J connectivity index is 2.00. The van der Waals surface area contributed by atoms with E-state index in [1.54, 1.807) is 0 Å². The largest absolute Gasteiger partial charge is 0.508 e.